The van der Waals surface area contributed by atoms with Crippen molar-refractivity contribution in [1.82, 2.24) is 10.3 Å². The average molecular weight is 298 g/mol. The zero-order chi connectivity index (χ0) is 14.7. The fourth-order valence-electron chi connectivity index (χ4n) is 2.42. The predicted octanol–water partition coefficient (Wildman–Crippen LogP) is 1.69. The SMILES string of the molecule is CN(C)c1cc(C(=O)NCC2CCCC2O)cc(Cl)n1. The normalized spacial score (nSPS) is 21.8. The van der Waals surface area contributed by atoms with E-state index in [0.717, 1.165) is 19.3 Å². The maximum absolute atomic E-state index is 12.1. The number of amides is 1. The first-order valence-electron chi connectivity index (χ1n) is 6.78. The molecule has 1 aromatic heterocycles. The fourth-order valence-corrected chi connectivity index (χ4v) is 2.63. The van der Waals surface area contributed by atoms with Crippen molar-refractivity contribution in [1.29, 1.82) is 0 Å². The number of aromatic nitrogens is 1. The summed E-state index contributed by atoms with van der Waals surface area (Å²) in [6, 6.07) is 3.25. The van der Waals surface area contributed by atoms with Crippen LogP contribution in [0.3, 0.4) is 0 Å². The van der Waals surface area contributed by atoms with Crippen LogP contribution in [0, 0.1) is 5.92 Å². The molecule has 110 valence electrons. The standard InChI is InChI=1S/C14H20ClN3O2/c1-18(2)13-7-10(6-12(15)17-13)14(20)16-8-9-4-3-5-11(9)19/h6-7,9,11,19H,3-5,8H2,1-2H3,(H,16,20). The van der Waals surface area contributed by atoms with Crippen LogP contribution >= 0.6 is 11.6 Å². The predicted molar refractivity (Wildman–Crippen MR) is 79.3 cm³/mol. The van der Waals surface area contributed by atoms with E-state index in [2.05, 4.69) is 10.3 Å². The average Bonchev–Trinajstić information content (AvgIpc) is 2.80. The number of halogens is 1. The number of carbonyl (C=O) groups excluding carboxylic acids is 1. The molecule has 2 atom stereocenters. The Morgan fingerprint density at radius 3 is 2.85 bits per heavy atom. The molecule has 0 aliphatic heterocycles. The van der Waals surface area contributed by atoms with Gasteiger partial charge in [0.05, 0.1) is 6.10 Å². The smallest absolute Gasteiger partial charge is 0.251 e. The molecule has 0 bridgehead atoms. The van der Waals surface area contributed by atoms with Crippen LogP contribution < -0.4 is 10.2 Å². The van der Waals surface area contributed by atoms with Gasteiger partial charge in [0.1, 0.15) is 11.0 Å². The van der Waals surface area contributed by atoms with E-state index in [4.69, 9.17) is 11.6 Å². The molecule has 1 fully saturated rings. The molecule has 2 N–H and O–H groups in total. The van der Waals surface area contributed by atoms with Gasteiger partial charge in [0.2, 0.25) is 0 Å². The highest BCUT2D eigenvalue weighted by Gasteiger charge is 2.25. The van der Waals surface area contributed by atoms with E-state index in [-0.39, 0.29) is 17.9 Å². The summed E-state index contributed by atoms with van der Waals surface area (Å²) < 4.78 is 0. The maximum atomic E-state index is 12.1. The van der Waals surface area contributed by atoms with E-state index in [0.29, 0.717) is 23.1 Å². The zero-order valence-corrected chi connectivity index (χ0v) is 12.5. The van der Waals surface area contributed by atoms with Crippen molar-refractivity contribution >= 4 is 23.3 Å². The molecule has 0 spiro atoms. The molecule has 1 aliphatic rings. The summed E-state index contributed by atoms with van der Waals surface area (Å²) in [5.41, 5.74) is 0.487. The van der Waals surface area contributed by atoms with Crippen LogP contribution in [0.25, 0.3) is 0 Å². The Balaban J connectivity index is 2.01. The van der Waals surface area contributed by atoms with Gasteiger partial charge in [-0.15, -0.1) is 0 Å². The molecule has 0 aromatic carbocycles. The third kappa shape index (κ3) is 3.61. The lowest BCUT2D eigenvalue weighted by molar-refractivity contribution is 0.0916. The molecule has 2 unspecified atom stereocenters. The van der Waals surface area contributed by atoms with Crippen LogP contribution in [0.1, 0.15) is 29.6 Å². The van der Waals surface area contributed by atoms with Crippen molar-refractivity contribution in [2.24, 2.45) is 5.92 Å². The second-order valence-electron chi connectivity index (χ2n) is 5.40. The summed E-state index contributed by atoms with van der Waals surface area (Å²) in [7, 11) is 3.68. The van der Waals surface area contributed by atoms with Crippen molar-refractivity contribution < 1.29 is 9.90 Å². The fraction of sp³-hybridized carbons (Fsp3) is 0.571. The van der Waals surface area contributed by atoms with Gasteiger partial charge in [-0.3, -0.25) is 4.79 Å². The Labute approximate surface area is 123 Å². The Kier molecular flexibility index (Phi) is 4.83. The van der Waals surface area contributed by atoms with Gasteiger partial charge >= 0.3 is 0 Å². The maximum Gasteiger partial charge on any atom is 0.251 e. The van der Waals surface area contributed by atoms with E-state index in [1.54, 1.807) is 17.0 Å². The number of nitrogens with one attached hydrogen (secondary N) is 1. The van der Waals surface area contributed by atoms with Gasteiger partial charge in [0.25, 0.3) is 5.91 Å². The number of nitrogens with zero attached hydrogens (tertiary/aromatic N) is 2. The van der Waals surface area contributed by atoms with Gasteiger partial charge < -0.3 is 15.3 Å². The molecule has 20 heavy (non-hydrogen) atoms. The van der Waals surface area contributed by atoms with Crippen molar-refractivity contribution in [3.05, 3.63) is 22.8 Å². The molecule has 5 nitrogen and oxygen atoms in total. The quantitative estimate of drug-likeness (QED) is 0.830. The number of pyridine rings is 1. The molecule has 1 saturated carbocycles. The molecule has 0 saturated heterocycles. The Morgan fingerprint density at radius 2 is 2.25 bits per heavy atom. The molecule has 1 aromatic rings. The van der Waals surface area contributed by atoms with Gasteiger partial charge in [0, 0.05) is 32.1 Å². The summed E-state index contributed by atoms with van der Waals surface area (Å²) in [6.07, 6.45) is 2.51. The van der Waals surface area contributed by atoms with Crippen molar-refractivity contribution in [2.75, 3.05) is 25.5 Å². The number of aliphatic hydroxyl groups excluding tert-OH is 1. The van der Waals surface area contributed by atoms with Gasteiger partial charge in [-0.05, 0) is 25.0 Å². The van der Waals surface area contributed by atoms with Crippen LogP contribution in [-0.4, -0.2) is 42.7 Å². The minimum Gasteiger partial charge on any atom is -0.393 e. The molecule has 6 heteroatoms. The van der Waals surface area contributed by atoms with Crippen molar-refractivity contribution in [3.63, 3.8) is 0 Å². The summed E-state index contributed by atoms with van der Waals surface area (Å²) >= 11 is 5.93. The highest BCUT2D eigenvalue weighted by Crippen LogP contribution is 2.24. The van der Waals surface area contributed by atoms with Gasteiger partial charge in [-0.2, -0.15) is 0 Å². The number of anilines is 1. The molecule has 1 aliphatic carbocycles. The lowest BCUT2D eigenvalue weighted by atomic mass is 10.1. The molecule has 1 amide bonds. The van der Waals surface area contributed by atoms with Gasteiger partial charge in [-0.1, -0.05) is 18.0 Å². The largest absolute Gasteiger partial charge is 0.393 e. The van der Waals surface area contributed by atoms with E-state index in [1.807, 2.05) is 14.1 Å². The topological polar surface area (TPSA) is 65.5 Å². The molecule has 0 radical (unpaired) electrons. The van der Waals surface area contributed by atoms with Crippen molar-refractivity contribution in [2.45, 2.75) is 25.4 Å². The lowest BCUT2D eigenvalue weighted by Crippen LogP contribution is -2.32. The third-order valence-corrected chi connectivity index (χ3v) is 3.84. The Hall–Kier alpha value is -1.33. The molecular formula is C14H20ClN3O2. The van der Waals surface area contributed by atoms with Crippen molar-refractivity contribution in [3.8, 4) is 0 Å². The number of hydrogen-bond acceptors (Lipinski definition) is 4. The van der Waals surface area contributed by atoms with Crippen LogP contribution in [0.15, 0.2) is 12.1 Å². The second kappa shape index (κ2) is 6.41. The summed E-state index contributed by atoms with van der Waals surface area (Å²) in [4.78, 5) is 18.1. The van der Waals surface area contributed by atoms with Crippen LogP contribution in [0.4, 0.5) is 5.82 Å². The molecule has 1 heterocycles. The van der Waals surface area contributed by atoms with Gasteiger partial charge in [0.15, 0.2) is 0 Å². The number of carbonyl (C=O) groups is 1. The highest BCUT2D eigenvalue weighted by atomic mass is 35.5. The van der Waals surface area contributed by atoms with Crippen LogP contribution in [-0.2, 0) is 0 Å². The van der Waals surface area contributed by atoms with Gasteiger partial charge in [-0.25, -0.2) is 4.98 Å². The monoisotopic (exact) mass is 297 g/mol. The summed E-state index contributed by atoms with van der Waals surface area (Å²) in [6.45, 7) is 0.497. The van der Waals surface area contributed by atoms with E-state index >= 15 is 0 Å². The zero-order valence-electron chi connectivity index (χ0n) is 11.8. The number of hydrogen-bond donors (Lipinski definition) is 2. The minimum absolute atomic E-state index is 0.157. The summed E-state index contributed by atoms with van der Waals surface area (Å²) in [5, 5.41) is 12.9. The molecule has 2 rings (SSSR count). The van der Waals surface area contributed by atoms with Crippen LogP contribution in [0.5, 0.6) is 0 Å². The van der Waals surface area contributed by atoms with Crippen LogP contribution in [0.2, 0.25) is 5.15 Å². The molecular weight excluding hydrogens is 278 g/mol. The lowest BCUT2D eigenvalue weighted by Gasteiger charge is -2.16. The van der Waals surface area contributed by atoms with E-state index in [9.17, 15) is 9.90 Å². The summed E-state index contributed by atoms with van der Waals surface area (Å²) in [5.74, 6) is 0.615. The third-order valence-electron chi connectivity index (χ3n) is 3.64. The minimum atomic E-state index is -0.298. The first kappa shape index (κ1) is 15.1. The first-order chi connectivity index (χ1) is 9.47. The highest BCUT2D eigenvalue weighted by molar-refractivity contribution is 6.29. The number of aliphatic hydroxyl groups is 1. The second-order valence-corrected chi connectivity index (χ2v) is 5.79. The Morgan fingerprint density at radius 1 is 1.50 bits per heavy atom. The first-order valence-corrected chi connectivity index (χ1v) is 7.16. The van der Waals surface area contributed by atoms with E-state index in [1.165, 1.54) is 0 Å². The van der Waals surface area contributed by atoms with E-state index < -0.39 is 0 Å². The number of rotatable bonds is 4. The Bertz CT molecular complexity index is 493.